The molecule has 0 aromatic heterocycles. The highest BCUT2D eigenvalue weighted by Gasteiger charge is 2.37. The Morgan fingerprint density at radius 2 is 1.60 bits per heavy atom. The third kappa shape index (κ3) is 3.98. The second-order valence-corrected chi connectivity index (χ2v) is 6.66. The number of Topliss-reactive ketones (excluding diaryl/α,β-unsaturated/α-hetero) is 1. The minimum atomic E-state index is -0.303. The van der Waals surface area contributed by atoms with Crippen molar-refractivity contribution in [2.24, 2.45) is 5.92 Å². The van der Waals surface area contributed by atoms with Crippen LogP contribution in [-0.2, 0) is 0 Å². The van der Waals surface area contributed by atoms with Crippen molar-refractivity contribution < 1.29 is 15.0 Å². The molecule has 0 amide bonds. The SMILES string of the molecule is O=C(c1ccccc1)[C@@H]1CN(C(CO)CO)CC[C@@H]1c1ccccc1. The summed E-state index contributed by atoms with van der Waals surface area (Å²) in [6.45, 7) is 1.13. The smallest absolute Gasteiger partial charge is 0.167 e. The van der Waals surface area contributed by atoms with E-state index in [1.165, 1.54) is 5.56 Å². The molecule has 1 saturated heterocycles. The largest absolute Gasteiger partial charge is 0.395 e. The van der Waals surface area contributed by atoms with E-state index in [1.807, 2.05) is 53.4 Å². The normalized spacial score (nSPS) is 21.4. The van der Waals surface area contributed by atoms with E-state index < -0.39 is 0 Å². The fourth-order valence-corrected chi connectivity index (χ4v) is 3.78. The van der Waals surface area contributed by atoms with Gasteiger partial charge < -0.3 is 10.2 Å². The molecule has 0 saturated carbocycles. The van der Waals surface area contributed by atoms with E-state index in [4.69, 9.17) is 0 Å². The number of likely N-dealkylation sites (tertiary alicyclic amines) is 1. The van der Waals surface area contributed by atoms with Gasteiger partial charge in [-0.15, -0.1) is 0 Å². The summed E-state index contributed by atoms with van der Waals surface area (Å²) in [5, 5.41) is 19.0. The summed E-state index contributed by atoms with van der Waals surface area (Å²) in [4.78, 5) is 15.2. The van der Waals surface area contributed by atoms with Crippen molar-refractivity contribution >= 4 is 5.78 Å². The van der Waals surface area contributed by atoms with Gasteiger partial charge >= 0.3 is 0 Å². The van der Waals surface area contributed by atoms with E-state index in [9.17, 15) is 15.0 Å². The van der Waals surface area contributed by atoms with Gasteiger partial charge in [0.2, 0.25) is 0 Å². The summed E-state index contributed by atoms with van der Waals surface area (Å²) < 4.78 is 0. The molecule has 1 fully saturated rings. The molecule has 3 rings (SSSR count). The van der Waals surface area contributed by atoms with Crippen LogP contribution in [-0.4, -0.2) is 53.2 Å². The number of benzene rings is 2. The van der Waals surface area contributed by atoms with Gasteiger partial charge in [-0.05, 0) is 24.4 Å². The van der Waals surface area contributed by atoms with Gasteiger partial charge in [0.05, 0.1) is 19.3 Å². The lowest BCUT2D eigenvalue weighted by Gasteiger charge is -2.41. The molecule has 0 radical (unpaired) electrons. The lowest BCUT2D eigenvalue weighted by Crippen LogP contribution is -2.50. The van der Waals surface area contributed by atoms with Crippen LogP contribution in [0.1, 0.15) is 28.3 Å². The Morgan fingerprint density at radius 1 is 1.00 bits per heavy atom. The van der Waals surface area contributed by atoms with Gasteiger partial charge in [-0.2, -0.15) is 0 Å². The van der Waals surface area contributed by atoms with Crippen LogP contribution in [0.2, 0.25) is 0 Å². The van der Waals surface area contributed by atoms with Gasteiger partial charge in [0.1, 0.15) is 0 Å². The average molecular weight is 339 g/mol. The van der Waals surface area contributed by atoms with Gasteiger partial charge in [0, 0.05) is 18.0 Å². The summed E-state index contributed by atoms with van der Waals surface area (Å²) in [7, 11) is 0. The molecule has 4 nitrogen and oxygen atoms in total. The Hall–Kier alpha value is -2.01. The Morgan fingerprint density at radius 3 is 2.20 bits per heavy atom. The molecule has 25 heavy (non-hydrogen) atoms. The molecule has 2 N–H and O–H groups in total. The third-order valence-electron chi connectivity index (χ3n) is 5.20. The molecule has 1 aliphatic rings. The fourth-order valence-electron chi connectivity index (χ4n) is 3.78. The number of carbonyl (C=O) groups is 1. The van der Waals surface area contributed by atoms with Gasteiger partial charge in [-0.1, -0.05) is 60.7 Å². The molecule has 4 heteroatoms. The maximum atomic E-state index is 13.2. The summed E-state index contributed by atoms with van der Waals surface area (Å²) in [5.74, 6) is 0.108. The monoisotopic (exact) mass is 339 g/mol. The zero-order valence-electron chi connectivity index (χ0n) is 14.3. The fraction of sp³-hybridized carbons (Fsp3) is 0.381. The molecule has 0 aliphatic carbocycles. The third-order valence-corrected chi connectivity index (χ3v) is 5.20. The van der Waals surface area contributed by atoms with Gasteiger partial charge in [0.15, 0.2) is 5.78 Å². The van der Waals surface area contributed by atoms with Gasteiger partial charge in [-0.25, -0.2) is 0 Å². The molecule has 0 spiro atoms. The van der Waals surface area contributed by atoms with Gasteiger partial charge in [0.25, 0.3) is 0 Å². The number of hydrogen-bond donors (Lipinski definition) is 2. The Bertz CT molecular complexity index is 670. The molecule has 1 heterocycles. The van der Waals surface area contributed by atoms with Crippen LogP contribution in [0.15, 0.2) is 60.7 Å². The zero-order chi connectivity index (χ0) is 17.6. The maximum Gasteiger partial charge on any atom is 0.167 e. The molecule has 132 valence electrons. The van der Waals surface area contributed by atoms with Crippen molar-refractivity contribution in [3.8, 4) is 0 Å². The molecular weight excluding hydrogens is 314 g/mol. The van der Waals surface area contributed by atoms with Crippen molar-refractivity contribution in [2.45, 2.75) is 18.4 Å². The number of aliphatic hydroxyl groups is 2. The van der Waals surface area contributed by atoms with Crippen LogP contribution in [0.5, 0.6) is 0 Å². The number of ketones is 1. The molecule has 2 aromatic carbocycles. The van der Waals surface area contributed by atoms with E-state index in [0.717, 1.165) is 18.5 Å². The summed E-state index contributed by atoms with van der Waals surface area (Å²) >= 11 is 0. The second kappa shape index (κ2) is 8.39. The first kappa shape index (κ1) is 17.8. The number of carbonyl (C=O) groups excluding carboxylic acids is 1. The minimum Gasteiger partial charge on any atom is -0.395 e. The molecule has 2 aromatic rings. The second-order valence-electron chi connectivity index (χ2n) is 6.66. The molecular formula is C21H25NO3. The van der Waals surface area contributed by atoms with Crippen LogP contribution in [0.4, 0.5) is 0 Å². The van der Waals surface area contributed by atoms with Crippen molar-refractivity contribution in [1.29, 1.82) is 0 Å². The number of aliphatic hydroxyl groups excluding tert-OH is 2. The van der Waals surface area contributed by atoms with Crippen LogP contribution >= 0.6 is 0 Å². The molecule has 0 bridgehead atoms. The zero-order valence-corrected chi connectivity index (χ0v) is 14.3. The summed E-state index contributed by atoms with van der Waals surface area (Å²) in [6, 6.07) is 19.3. The Kier molecular flexibility index (Phi) is 5.97. The predicted molar refractivity (Wildman–Crippen MR) is 97.6 cm³/mol. The van der Waals surface area contributed by atoms with Crippen molar-refractivity contribution in [2.75, 3.05) is 26.3 Å². The maximum absolute atomic E-state index is 13.2. The van der Waals surface area contributed by atoms with Crippen molar-refractivity contribution in [1.82, 2.24) is 4.90 Å². The quantitative estimate of drug-likeness (QED) is 0.793. The Labute approximate surface area is 148 Å². The van der Waals surface area contributed by atoms with Crippen LogP contribution in [0.3, 0.4) is 0 Å². The predicted octanol–water partition coefficient (Wildman–Crippen LogP) is 2.33. The number of piperidine rings is 1. The van der Waals surface area contributed by atoms with E-state index in [0.29, 0.717) is 6.54 Å². The first-order chi connectivity index (χ1) is 12.2. The van der Waals surface area contributed by atoms with E-state index in [1.54, 1.807) is 0 Å². The highest BCUT2D eigenvalue weighted by atomic mass is 16.3. The van der Waals surface area contributed by atoms with Crippen LogP contribution in [0, 0.1) is 5.92 Å². The molecule has 1 aliphatic heterocycles. The van der Waals surface area contributed by atoms with Crippen LogP contribution in [0.25, 0.3) is 0 Å². The highest BCUT2D eigenvalue weighted by Crippen LogP contribution is 2.35. The standard InChI is InChI=1S/C21H25NO3/c23-14-18(15-24)22-12-11-19(16-7-3-1-4-8-16)20(13-22)21(25)17-9-5-2-6-10-17/h1-10,18-20,23-24H,11-15H2/t19-,20-/m1/s1. The summed E-state index contributed by atoms with van der Waals surface area (Å²) in [5.41, 5.74) is 1.90. The number of nitrogens with zero attached hydrogens (tertiary/aromatic N) is 1. The van der Waals surface area contributed by atoms with Crippen LogP contribution < -0.4 is 0 Å². The molecule has 0 unspecified atom stereocenters. The van der Waals surface area contributed by atoms with E-state index in [-0.39, 0.29) is 36.9 Å². The summed E-state index contributed by atoms with van der Waals surface area (Å²) in [6.07, 6.45) is 0.837. The number of hydrogen-bond acceptors (Lipinski definition) is 4. The lowest BCUT2D eigenvalue weighted by atomic mass is 9.76. The topological polar surface area (TPSA) is 60.8 Å². The van der Waals surface area contributed by atoms with Crippen molar-refractivity contribution in [3.05, 3.63) is 71.8 Å². The first-order valence-electron chi connectivity index (χ1n) is 8.84. The average Bonchev–Trinajstić information content (AvgIpc) is 2.69. The van der Waals surface area contributed by atoms with E-state index >= 15 is 0 Å². The minimum absolute atomic E-state index is 0.0985. The first-order valence-corrected chi connectivity index (χ1v) is 8.84. The highest BCUT2D eigenvalue weighted by molar-refractivity contribution is 5.98. The van der Waals surface area contributed by atoms with E-state index in [2.05, 4.69) is 12.1 Å². The van der Waals surface area contributed by atoms with Crippen molar-refractivity contribution in [3.63, 3.8) is 0 Å². The van der Waals surface area contributed by atoms with Gasteiger partial charge in [-0.3, -0.25) is 9.69 Å². The Balaban J connectivity index is 1.89. The number of rotatable bonds is 6. The molecule has 2 atom stereocenters. The lowest BCUT2D eigenvalue weighted by molar-refractivity contribution is 0.0348.